The van der Waals surface area contributed by atoms with E-state index in [9.17, 15) is 13.9 Å². The number of rotatable bonds is 5. The lowest BCUT2D eigenvalue weighted by Crippen LogP contribution is -3.11. The van der Waals surface area contributed by atoms with Crippen molar-refractivity contribution < 1.29 is 18.9 Å². The van der Waals surface area contributed by atoms with E-state index in [1.807, 2.05) is 0 Å². The highest BCUT2D eigenvalue weighted by molar-refractivity contribution is 5.69. The molecule has 23 heavy (non-hydrogen) atoms. The van der Waals surface area contributed by atoms with E-state index >= 15 is 0 Å². The zero-order chi connectivity index (χ0) is 16.4. The van der Waals surface area contributed by atoms with Crippen molar-refractivity contribution in [2.75, 3.05) is 0 Å². The summed E-state index contributed by atoms with van der Waals surface area (Å²) in [5.74, 6) is -1.55. The molecule has 7 nitrogen and oxygen atoms in total. The SMILES string of the molecule is C[C@@H]([NH+]1C=NC=N1)[C@](O)(Cn1cncn1)c1ccc(F)cc1F. The van der Waals surface area contributed by atoms with Crippen LogP contribution >= 0.6 is 0 Å². The average Bonchev–Trinajstić information content (AvgIpc) is 3.19. The Bertz CT molecular complexity index is 736. The van der Waals surface area contributed by atoms with E-state index in [0.29, 0.717) is 5.01 Å². The van der Waals surface area contributed by atoms with E-state index in [0.717, 1.165) is 12.1 Å². The molecule has 3 rings (SSSR count). The van der Waals surface area contributed by atoms with Gasteiger partial charge in [-0.15, -0.1) is 0 Å². The summed E-state index contributed by atoms with van der Waals surface area (Å²) in [6.07, 6.45) is 5.57. The molecule has 1 aliphatic heterocycles. The van der Waals surface area contributed by atoms with Crippen LogP contribution in [0.4, 0.5) is 8.78 Å². The number of aliphatic imine (C=N–C) groups is 1. The van der Waals surface area contributed by atoms with Gasteiger partial charge >= 0.3 is 0 Å². The lowest BCUT2D eigenvalue weighted by Gasteiger charge is -2.33. The van der Waals surface area contributed by atoms with E-state index < -0.39 is 23.3 Å². The van der Waals surface area contributed by atoms with Gasteiger partial charge in [0.2, 0.25) is 6.34 Å². The number of aromatic nitrogens is 3. The first-order chi connectivity index (χ1) is 11.0. The van der Waals surface area contributed by atoms with Gasteiger partial charge in [0, 0.05) is 11.6 Å². The largest absolute Gasteiger partial charge is 0.377 e. The fourth-order valence-corrected chi connectivity index (χ4v) is 2.57. The van der Waals surface area contributed by atoms with Crippen molar-refractivity contribution in [1.82, 2.24) is 14.8 Å². The van der Waals surface area contributed by atoms with Crippen molar-refractivity contribution >= 4 is 12.7 Å². The van der Waals surface area contributed by atoms with Crippen LogP contribution in [-0.4, -0.2) is 38.6 Å². The maximum absolute atomic E-state index is 14.3. The van der Waals surface area contributed by atoms with E-state index in [-0.39, 0.29) is 12.1 Å². The van der Waals surface area contributed by atoms with Crippen LogP contribution in [0.2, 0.25) is 0 Å². The first-order valence-electron chi connectivity index (χ1n) is 6.93. The number of quaternary nitrogens is 1. The second-order valence-electron chi connectivity index (χ2n) is 5.31. The molecule has 1 unspecified atom stereocenters. The van der Waals surface area contributed by atoms with E-state index in [2.05, 4.69) is 20.2 Å². The minimum Gasteiger partial charge on any atom is -0.377 e. The summed E-state index contributed by atoms with van der Waals surface area (Å²) in [4.78, 5) is 7.69. The van der Waals surface area contributed by atoms with E-state index in [1.54, 1.807) is 6.92 Å². The third-order valence-electron chi connectivity index (χ3n) is 3.91. The Labute approximate surface area is 130 Å². The van der Waals surface area contributed by atoms with Crippen LogP contribution < -0.4 is 5.01 Å². The summed E-state index contributed by atoms with van der Waals surface area (Å²) >= 11 is 0. The lowest BCUT2D eigenvalue weighted by molar-refractivity contribution is -0.841. The summed E-state index contributed by atoms with van der Waals surface area (Å²) in [6, 6.07) is 2.47. The highest BCUT2D eigenvalue weighted by Crippen LogP contribution is 2.29. The van der Waals surface area contributed by atoms with Gasteiger partial charge in [-0.25, -0.2) is 18.4 Å². The number of halogens is 2. The third-order valence-corrected chi connectivity index (χ3v) is 3.91. The average molecular weight is 321 g/mol. The Morgan fingerprint density at radius 2 is 2.22 bits per heavy atom. The van der Waals surface area contributed by atoms with Crippen molar-refractivity contribution in [2.24, 2.45) is 10.1 Å². The molecule has 2 aromatic rings. The van der Waals surface area contributed by atoms with Crippen LogP contribution in [0, 0.1) is 11.6 Å². The molecule has 120 valence electrons. The molecule has 1 aliphatic rings. The minimum absolute atomic E-state index is 0.0371. The molecule has 0 saturated heterocycles. The molecule has 0 bridgehead atoms. The molecule has 0 spiro atoms. The van der Waals surface area contributed by atoms with Gasteiger partial charge in [-0.2, -0.15) is 15.1 Å². The number of nitrogens with one attached hydrogen (secondary N) is 1. The normalized spacial score (nSPS) is 20.6. The van der Waals surface area contributed by atoms with Crippen LogP contribution in [0.5, 0.6) is 0 Å². The topological polar surface area (TPSA) is 80.1 Å². The summed E-state index contributed by atoms with van der Waals surface area (Å²) in [6.45, 7) is 1.63. The second-order valence-corrected chi connectivity index (χ2v) is 5.31. The monoisotopic (exact) mass is 321 g/mol. The van der Waals surface area contributed by atoms with Gasteiger partial charge in [-0.3, -0.25) is 0 Å². The standard InChI is InChI=1S/C14H14F2N6O/c1-10(22-9-18-7-20-22)14(23,5-21-8-17-6-19-21)12-3-2-11(15)4-13(12)16/h2-4,6-10,23H,5H2,1H3/p+1/t10-,14-/m1/s1. The Morgan fingerprint density at radius 3 is 2.83 bits per heavy atom. The smallest absolute Gasteiger partial charge is 0.217 e. The molecule has 3 atom stereocenters. The molecule has 0 saturated carbocycles. The van der Waals surface area contributed by atoms with Crippen molar-refractivity contribution in [3.63, 3.8) is 0 Å². The van der Waals surface area contributed by atoms with Crippen LogP contribution in [0.25, 0.3) is 0 Å². The third kappa shape index (κ3) is 2.88. The van der Waals surface area contributed by atoms with E-state index in [4.69, 9.17) is 0 Å². The van der Waals surface area contributed by atoms with Gasteiger partial charge in [-0.1, -0.05) is 5.10 Å². The van der Waals surface area contributed by atoms with Crippen LogP contribution in [0.1, 0.15) is 12.5 Å². The number of hydrogen-bond donors (Lipinski definition) is 2. The van der Waals surface area contributed by atoms with Gasteiger partial charge in [0.25, 0.3) is 0 Å². The summed E-state index contributed by atoms with van der Waals surface area (Å²) in [7, 11) is 0. The molecule has 2 N–H and O–H groups in total. The van der Waals surface area contributed by atoms with Gasteiger partial charge in [0.05, 0.1) is 6.54 Å². The molecule has 2 heterocycles. The maximum Gasteiger partial charge on any atom is 0.217 e. The number of nitrogens with zero attached hydrogens (tertiary/aromatic N) is 5. The fourth-order valence-electron chi connectivity index (χ4n) is 2.57. The first kappa shape index (κ1) is 15.4. The molecule has 1 aromatic heterocycles. The second kappa shape index (κ2) is 5.94. The number of benzene rings is 1. The Morgan fingerprint density at radius 1 is 1.39 bits per heavy atom. The highest BCUT2D eigenvalue weighted by Gasteiger charge is 2.45. The number of hydrogen-bond acceptors (Lipinski definition) is 5. The Balaban J connectivity index is 2.04. The Kier molecular flexibility index (Phi) is 3.97. The van der Waals surface area contributed by atoms with Crippen LogP contribution in [0.15, 0.2) is 40.9 Å². The van der Waals surface area contributed by atoms with Gasteiger partial charge < -0.3 is 5.11 Å². The van der Waals surface area contributed by atoms with E-state index in [1.165, 1.54) is 36.1 Å². The molecule has 9 heteroatoms. The van der Waals surface area contributed by atoms with Crippen LogP contribution in [-0.2, 0) is 12.1 Å². The molecular formula is C14H15F2N6O+. The fraction of sp³-hybridized carbons (Fsp3) is 0.286. The number of aliphatic hydroxyl groups is 1. The highest BCUT2D eigenvalue weighted by atomic mass is 19.1. The molecule has 0 aliphatic carbocycles. The summed E-state index contributed by atoms with van der Waals surface area (Å²) < 4.78 is 28.9. The predicted molar refractivity (Wildman–Crippen MR) is 77.7 cm³/mol. The van der Waals surface area contributed by atoms with Gasteiger partial charge in [0.1, 0.15) is 30.3 Å². The van der Waals surface area contributed by atoms with Crippen LogP contribution in [0.3, 0.4) is 0 Å². The molecule has 0 amide bonds. The molecule has 0 radical (unpaired) electrons. The summed E-state index contributed by atoms with van der Waals surface area (Å²) in [5.41, 5.74) is -1.74. The molecular weight excluding hydrogens is 306 g/mol. The molecule has 0 fully saturated rings. The van der Waals surface area contributed by atoms with Gasteiger partial charge in [0.15, 0.2) is 11.9 Å². The van der Waals surface area contributed by atoms with Gasteiger partial charge in [-0.05, 0) is 19.1 Å². The van der Waals surface area contributed by atoms with Crippen molar-refractivity contribution in [2.45, 2.75) is 25.1 Å². The van der Waals surface area contributed by atoms with Crippen molar-refractivity contribution in [3.05, 3.63) is 48.1 Å². The predicted octanol–water partition coefficient (Wildman–Crippen LogP) is -0.297. The zero-order valence-electron chi connectivity index (χ0n) is 12.3. The van der Waals surface area contributed by atoms with Crippen molar-refractivity contribution in [1.29, 1.82) is 0 Å². The van der Waals surface area contributed by atoms with Crippen molar-refractivity contribution in [3.8, 4) is 0 Å². The minimum atomic E-state index is -1.70. The quantitative estimate of drug-likeness (QED) is 0.794. The zero-order valence-corrected chi connectivity index (χ0v) is 12.3. The first-order valence-corrected chi connectivity index (χ1v) is 6.93. The summed E-state index contributed by atoms with van der Waals surface area (Å²) in [5, 5.41) is 19.8. The Hall–Kier alpha value is -2.52. The lowest BCUT2D eigenvalue weighted by atomic mass is 9.86. The molecule has 1 aromatic carbocycles. The maximum atomic E-state index is 14.3.